The van der Waals surface area contributed by atoms with Gasteiger partial charge in [0, 0.05) is 12.6 Å². The number of ether oxygens (including phenoxy) is 2. The van der Waals surface area contributed by atoms with Crippen LogP contribution in [0.3, 0.4) is 0 Å². The molecule has 1 atom stereocenters. The molecule has 80 valence electrons. The average molecular weight is 189 g/mol. The Labute approximate surface area is 81.6 Å². The van der Waals surface area contributed by atoms with Crippen LogP contribution < -0.4 is 5.73 Å². The van der Waals surface area contributed by atoms with Crippen molar-refractivity contribution in [2.24, 2.45) is 11.7 Å². The predicted molar refractivity (Wildman–Crippen MR) is 54.7 cm³/mol. The van der Waals surface area contributed by atoms with Gasteiger partial charge in [-0.15, -0.1) is 0 Å². The Hall–Kier alpha value is -0.120. The molecule has 0 aromatic carbocycles. The van der Waals surface area contributed by atoms with Crippen LogP contribution in [-0.2, 0) is 9.47 Å². The zero-order valence-electron chi connectivity index (χ0n) is 9.08. The molecular formula is C10H23NO2. The summed E-state index contributed by atoms with van der Waals surface area (Å²) in [7, 11) is 0. The Morgan fingerprint density at radius 1 is 1.08 bits per heavy atom. The molecule has 0 aliphatic heterocycles. The van der Waals surface area contributed by atoms with Gasteiger partial charge < -0.3 is 15.2 Å². The van der Waals surface area contributed by atoms with E-state index in [0.29, 0.717) is 25.7 Å². The Morgan fingerprint density at radius 3 is 2.08 bits per heavy atom. The molecule has 0 aromatic heterocycles. The Morgan fingerprint density at radius 2 is 1.62 bits per heavy atom. The van der Waals surface area contributed by atoms with E-state index in [2.05, 4.69) is 20.8 Å². The molecule has 1 unspecified atom stereocenters. The summed E-state index contributed by atoms with van der Waals surface area (Å²) < 4.78 is 10.7. The molecule has 0 aliphatic rings. The third kappa shape index (κ3) is 9.80. The maximum Gasteiger partial charge on any atom is 0.0701 e. The van der Waals surface area contributed by atoms with Crippen molar-refractivity contribution in [3.8, 4) is 0 Å². The molecule has 2 N–H and O–H groups in total. The minimum absolute atomic E-state index is 0.171. The SMILES string of the molecule is CCC(N)COCCOCC(C)C. The number of nitrogens with two attached hydrogens (primary N) is 1. The highest BCUT2D eigenvalue weighted by atomic mass is 16.5. The van der Waals surface area contributed by atoms with Crippen LogP contribution in [0.4, 0.5) is 0 Å². The van der Waals surface area contributed by atoms with Crippen LogP contribution in [0.15, 0.2) is 0 Å². The van der Waals surface area contributed by atoms with Crippen molar-refractivity contribution >= 4 is 0 Å². The predicted octanol–water partition coefficient (Wildman–Crippen LogP) is 1.41. The number of hydrogen-bond donors (Lipinski definition) is 1. The van der Waals surface area contributed by atoms with Crippen molar-refractivity contribution in [3.63, 3.8) is 0 Å². The lowest BCUT2D eigenvalue weighted by atomic mass is 10.2. The molecule has 0 saturated heterocycles. The van der Waals surface area contributed by atoms with Gasteiger partial charge >= 0.3 is 0 Å². The van der Waals surface area contributed by atoms with Crippen molar-refractivity contribution in [2.75, 3.05) is 26.4 Å². The van der Waals surface area contributed by atoms with Crippen molar-refractivity contribution in [3.05, 3.63) is 0 Å². The van der Waals surface area contributed by atoms with E-state index in [4.69, 9.17) is 15.2 Å². The molecule has 13 heavy (non-hydrogen) atoms. The van der Waals surface area contributed by atoms with E-state index in [0.717, 1.165) is 13.0 Å². The highest BCUT2D eigenvalue weighted by Crippen LogP contribution is 1.92. The molecule has 3 heteroatoms. The van der Waals surface area contributed by atoms with Crippen LogP contribution in [-0.4, -0.2) is 32.5 Å². The summed E-state index contributed by atoms with van der Waals surface area (Å²) in [4.78, 5) is 0. The Bertz CT molecular complexity index is 107. The highest BCUT2D eigenvalue weighted by molar-refractivity contribution is 4.54. The minimum atomic E-state index is 0.171. The lowest BCUT2D eigenvalue weighted by Crippen LogP contribution is -2.26. The van der Waals surface area contributed by atoms with E-state index < -0.39 is 0 Å². The monoisotopic (exact) mass is 189 g/mol. The van der Waals surface area contributed by atoms with E-state index in [9.17, 15) is 0 Å². The second kappa shape index (κ2) is 8.48. The van der Waals surface area contributed by atoms with E-state index in [1.165, 1.54) is 0 Å². The van der Waals surface area contributed by atoms with Gasteiger partial charge in [-0.05, 0) is 12.3 Å². The summed E-state index contributed by atoms with van der Waals surface area (Å²) >= 11 is 0. The van der Waals surface area contributed by atoms with E-state index >= 15 is 0 Å². The van der Waals surface area contributed by atoms with Crippen molar-refractivity contribution in [1.29, 1.82) is 0 Å². The van der Waals surface area contributed by atoms with Gasteiger partial charge in [0.25, 0.3) is 0 Å². The molecule has 0 radical (unpaired) electrons. The van der Waals surface area contributed by atoms with Crippen molar-refractivity contribution in [2.45, 2.75) is 33.2 Å². The summed E-state index contributed by atoms with van der Waals surface area (Å²) in [6, 6.07) is 0.171. The zero-order valence-corrected chi connectivity index (χ0v) is 9.08. The topological polar surface area (TPSA) is 44.5 Å². The first-order chi connectivity index (χ1) is 6.16. The standard InChI is InChI=1S/C10H23NO2/c1-4-10(11)8-13-6-5-12-7-9(2)3/h9-10H,4-8,11H2,1-3H3. The zero-order chi connectivity index (χ0) is 10.1. The lowest BCUT2D eigenvalue weighted by molar-refractivity contribution is 0.0332. The largest absolute Gasteiger partial charge is 0.379 e. The van der Waals surface area contributed by atoms with Gasteiger partial charge in [0.1, 0.15) is 0 Å². The molecular weight excluding hydrogens is 166 g/mol. The molecule has 0 fully saturated rings. The van der Waals surface area contributed by atoms with E-state index in [1.807, 2.05) is 0 Å². The van der Waals surface area contributed by atoms with Gasteiger partial charge in [-0.3, -0.25) is 0 Å². The summed E-state index contributed by atoms with van der Waals surface area (Å²) in [5.74, 6) is 0.595. The average Bonchev–Trinajstić information content (AvgIpc) is 2.10. The third-order valence-electron chi connectivity index (χ3n) is 1.68. The fraction of sp³-hybridized carbons (Fsp3) is 1.00. The normalized spacial score (nSPS) is 13.6. The van der Waals surface area contributed by atoms with Crippen LogP contribution in [0.1, 0.15) is 27.2 Å². The van der Waals surface area contributed by atoms with Crippen LogP contribution >= 0.6 is 0 Å². The fourth-order valence-electron chi connectivity index (χ4n) is 0.789. The molecule has 0 bridgehead atoms. The first kappa shape index (κ1) is 12.9. The maximum absolute atomic E-state index is 5.67. The molecule has 0 aromatic rings. The van der Waals surface area contributed by atoms with E-state index in [-0.39, 0.29) is 6.04 Å². The summed E-state index contributed by atoms with van der Waals surface area (Å²) in [5, 5.41) is 0. The first-order valence-corrected chi connectivity index (χ1v) is 5.07. The molecule has 0 spiro atoms. The van der Waals surface area contributed by atoms with Crippen LogP contribution in [0.2, 0.25) is 0 Å². The quantitative estimate of drug-likeness (QED) is 0.587. The smallest absolute Gasteiger partial charge is 0.0701 e. The van der Waals surface area contributed by atoms with Gasteiger partial charge in [0.2, 0.25) is 0 Å². The van der Waals surface area contributed by atoms with Crippen LogP contribution in [0.25, 0.3) is 0 Å². The van der Waals surface area contributed by atoms with Gasteiger partial charge in [-0.25, -0.2) is 0 Å². The first-order valence-electron chi connectivity index (χ1n) is 5.07. The summed E-state index contributed by atoms with van der Waals surface area (Å²) in [6.45, 7) is 9.10. The number of hydrogen-bond acceptors (Lipinski definition) is 3. The van der Waals surface area contributed by atoms with E-state index in [1.54, 1.807) is 0 Å². The second-order valence-corrected chi connectivity index (χ2v) is 3.71. The van der Waals surface area contributed by atoms with Crippen molar-refractivity contribution < 1.29 is 9.47 Å². The fourth-order valence-corrected chi connectivity index (χ4v) is 0.789. The number of rotatable bonds is 8. The van der Waals surface area contributed by atoms with Crippen LogP contribution in [0.5, 0.6) is 0 Å². The molecule has 0 rings (SSSR count). The highest BCUT2D eigenvalue weighted by Gasteiger charge is 1.98. The maximum atomic E-state index is 5.67. The van der Waals surface area contributed by atoms with Crippen molar-refractivity contribution in [1.82, 2.24) is 0 Å². The summed E-state index contributed by atoms with van der Waals surface area (Å²) in [5.41, 5.74) is 5.67. The van der Waals surface area contributed by atoms with Gasteiger partial charge in [-0.2, -0.15) is 0 Å². The molecule has 3 nitrogen and oxygen atoms in total. The third-order valence-corrected chi connectivity index (χ3v) is 1.68. The van der Waals surface area contributed by atoms with Crippen LogP contribution in [0, 0.1) is 5.92 Å². The van der Waals surface area contributed by atoms with Gasteiger partial charge in [0.15, 0.2) is 0 Å². The molecule has 0 saturated carbocycles. The molecule has 0 aliphatic carbocycles. The second-order valence-electron chi connectivity index (χ2n) is 3.71. The molecule has 0 amide bonds. The summed E-state index contributed by atoms with van der Waals surface area (Å²) in [6.07, 6.45) is 0.965. The minimum Gasteiger partial charge on any atom is -0.379 e. The Balaban J connectivity index is 2.99. The molecule has 0 heterocycles. The lowest BCUT2D eigenvalue weighted by Gasteiger charge is -2.10. The Kier molecular flexibility index (Phi) is 8.40. The van der Waals surface area contributed by atoms with Gasteiger partial charge in [-0.1, -0.05) is 20.8 Å². The van der Waals surface area contributed by atoms with Gasteiger partial charge in [0.05, 0.1) is 19.8 Å².